The van der Waals surface area contributed by atoms with Crippen LogP contribution in [0.25, 0.3) is 0 Å². The number of ether oxygens (including phenoxy) is 1. The first kappa shape index (κ1) is 24.2. The number of carbonyl (C=O) groups is 2. The van der Waals surface area contributed by atoms with Crippen LogP contribution in [0.15, 0.2) is 53.4 Å². The second-order valence-electron chi connectivity index (χ2n) is 8.96. The van der Waals surface area contributed by atoms with Gasteiger partial charge in [-0.2, -0.15) is 0 Å². The molecule has 2 aliphatic rings. The van der Waals surface area contributed by atoms with E-state index in [1.165, 1.54) is 36.9 Å². The van der Waals surface area contributed by atoms with Gasteiger partial charge in [0.05, 0.1) is 18.1 Å². The molecule has 2 fully saturated rings. The highest BCUT2D eigenvalue weighted by Crippen LogP contribution is 2.38. The maximum atomic E-state index is 13.2. The van der Waals surface area contributed by atoms with Crippen molar-refractivity contribution >= 4 is 27.3 Å². The average molecular weight is 487 g/mol. The lowest BCUT2D eigenvalue weighted by Gasteiger charge is -2.44. The summed E-state index contributed by atoms with van der Waals surface area (Å²) in [6.45, 7) is 2.06. The van der Waals surface area contributed by atoms with Crippen molar-refractivity contribution in [3.05, 3.63) is 54.1 Å². The Bertz CT molecular complexity index is 1150. The number of fused-ring (bicyclic) bond motifs is 1. The van der Waals surface area contributed by atoms with Gasteiger partial charge in [0.25, 0.3) is 0 Å². The molecule has 3 N–H and O–H groups in total. The number of hydrogen-bond acceptors (Lipinski definition) is 6. The molecule has 182 valence electrons. The van der Waals surface area contributed by atoms with E-state index < -0.39 is 39.1 Å². The molecule has 5 unspecified atom stereocenters. The molecule has 0 aromatic heterocycles. The van der Waals surface area contributed by atoms with E-state index in [9.17, 15) is 23.1 Å². The molecule has 2 aromatic carbocycles. The van der Waals surface area contributed by atoms with E-state index in [4.69, 9.17) is 4.74 Å². The monoisotopic (exact) mass is 486 g/mol. The summed E-state index contributed by atoms with van der Waals surface area (Å²) in [5.41, 5.74) is 1.89. The Kier molecular flexibility index (Phi) is 6.95. The molecule has 2 amide bonds. The van der Waals surface area contributed by atoms with Crippen LogP contribution in [0.4, 0.5) is 5.69 Å². The smallest absolute Gasteiger partial charge is 0.241 e. The van der Waals surface area contributed by atoms with Gasteiger partial charge in [-0.3, -0.25) is 9.59 Å². The number of aryl methyl sites for hydroxylation is 1. The number of nitrogens with one attached hydrogen (secondary N) is 2. The Morgan fingerprint density at radius 1 is 1.12 bits per heavy atom. The van der Waals surface area contributed by atoms with E-state index in [0.717, 1.165) is 6.42 Å². The van der Waals surface area contributed by atoms with Gasteiger partial charge < -0.3 is 20.5 Å². The fraction of sp³-hybridized carbons (Fsp3) is 0.440. The van der Waals surface area contributed by atoms with Crippen LogP contribution in [0.5, 0.6) is 5.75 Å². The fourth-order valence-electron chi connectivity index (χ4n) is 4.96. The summed E-state index contributed by atoms with van der Waals surface area (Å²) in [4.78, 5) is 25.6. The number of piperidine rings is 1. The normalized spacial score (nSPS) is 26.8. The molecule has 1 aliphatic carbocycles. The highest BCUT2D eigenvalue weighted by Gasteiger charge is 2.52. The van der Waals surface area contributed by atoms with Crippen LogP contribution in [0.1, 0.15) is 31.7 Å². The van der Waals surface area contributed by atoms with Crippen molar-refractivity contribution in [1.82, 2.24) is 5.32 Å². The predicted molar refractivity (Wildman–Crippen MR) is 127 cm³/mol. The Balaban J connectivity index is 1.45. The first-order valence-electron chi connectivity index (χ1n) is 11.5. The minimum atomic E-state index is -4.11. The van der Waals surface area contributed by atoms with Crippen molar-refractivity contribution in [2.24, 2.45) is 11.8 Å². The predicted octanol–water partition coefficient (Wildman–Crippen LogP) is 2.31. The SMILES string of the molecule is CCc1ccc(NC(=O)C2CCC3C(C2)NC(=O)C(S(=O)(=O)c2ccc(OC)cc2)C3O)cc1. The number of anilines is 1. The highest BCUT2D eigenvalue weighted by molar-refractivity contribution is 7.92. The summed E-state index contributed by atoms with van der Waals surface area (Å²) in [5.74, 6) is -1.16. The molecule has 1 aliphatic heterocycles. The van der Waals surface area contributed by atoms with Gasteiger partial charge in [-0.05, 0) is 67.6 Å². The Labute approximate surface area is 199 Å². The zero-order chi connectivity index (χ0) is 24.5. The van der Waals surface area contributed by atoms with Crippen molar-refractivity contribution in [2.75, 3.05) is 12.4 Å². The summed E-state index contributed by atoms with van der Waals surface area (Å²) in [7, 11) is -2.64. The molecule has 5 atom stereocenters. The molecule has 2 aromatic rings. The van der Waals surface area contributed by atoms with Crippen LogP contribution in [0.3, 0.4) is 0 Å². The lowest BCUT2D eigenvalue weighted by Crippen LogP contribution is -2.63. The van der Waals surface area contributed by atoms with E-state index in [2.05, 4.69) is 17.6 Å². The van der Waals surface area contributed by atoms with Gasteiger partial charge in [-0.25, -0.2) is 8.42 Å². The zero-order valence-corrected chi connectivity index (χ0v) is 20.0. The lowest BCUT2D eigenvalue weighted by atomic mass is 9.73. The largest absolute Gasteiger partial charge is 0.497 e. The molecule has 4 rings (SSSR count). The van der Waals surface area contributed by atoms with E-state index in [1.54, 1.807) is 0 Å². The molecule has 0 radical (unpaired) electrons. The standard InChI is InChI=1S/C25H30N2O6S/c1-3-15-4-7-17(8-5-15)26-24(29)16-6-13-20-21(14-16)27-25(30)23(22(20)28)34(31,32)19-11-9-18(33-2)10-12-19/h4-5,7-12,16,20-23,28H,3,6,13-14H2,1-2H3,(H,26,29)(H,27,30). The number of carbonyl (C=O) groups excluding carboxylic acids is 2. The Morgan fingerprint density at radius 2 is 1.79 bits per heavy atom. The second-order valence-corrected chi connectivity index (χ2v) is 11.0. The van der Waals surface area contributed by atoms with Crippen molar-refractivity contribution in [1.29, 1.82) is 0 Å². The minimum Gasteiger partial charge on any atom is -0.497 e. The molecule has 1 heterocycles. The molecular formula is C25H30N2O6S. The summed E-state index contributed by atoms with van der Waals surface area (Å²) in [5, 5.41) is 15.1. The van der Waals surface area contributed by atoms with Crippen LogP contribution >= 0.6 is 0 Å². The van der Waals surface area contributed by atoms with Crippen molar-refractivity contribution in [3.63, 3.8) is 0 Å². The summed E-state index contributed by atoms with van der Waals surface area (Å²) >= 11 is 0. The molecule has 0 bridgehead atoms. The van der Waals surface area contributed by atoms with Crippen molar-refractivity contribution < 1.29 is 27.9 Å². The number of aliphatic hydroxyl groups is 1. The van der Waals surface area contributed by atoms with Crippen LogP contribution in [-0.4, -0.2) is 49.8 Å². The van der Waals surface area contributed by atoms with Crippen LogP contribution in [0.2, 0.25) is 0 Å². The fourth-order valence-corrected chi connectivity index (χ4v) is 6.68. The van der Waals surface area contributed by atoms with Gasteiger partial charge in [0.2, 0.25) is 11.8 Å². The van der Waals surface area contributed by atoms with Gasteiger partial charge in [0, 0.05) is 23.6 Å². The average Bonchev–Trinajstić information content (AvgIpc) is 2.84. The van der Waals surface area contributed by atoms with Gasteiger partial charge in [0.15, 0.2) is 15.1 Å². The van der Waals surface area contributed by atoms with E-state index in [1.807, 2.05) is 24.3 Å². The number of amides is 2. The quantitative estimate of drug-likeness (QED) is 0.576. The molecule has 8 nitrogen and oxygen atoms in total. The van der Waals surface area contributed by atoms with Gasteiger partial charge in [-0.15, -0.1) is 0 Å². The number of methoxy groups -OCH3 is 1. The van der Waals surface area contributed by atoms with Gasteiger partial charge >= 0.3 is 0 Å². The molecule has 9 heteroatoms. The summed E-state index contributed by atoms with van der Waals surface area (Å²) in [6.07, 6.45) is 0.853. The molecule has 34 heavy (non-hydrogen) atoms. The number of rotatable bonds is 6. The number of aliphatic hydroxyl groups excluding tert-OH is 1. The first-order valence-corrected chi connectivity index (χ1v) is 13.1. The highest BCUT2D eigenvalue weighted by atomic mass is 32.2. The molecule has 1 saturated carbocycles. The van der Waals surface area contributed by atoms with E-state index in [0.29, 0.717) is 30.7 Å². The first-order chi connectivity index (χ1) is 16.2. The zero-order valence-electron chi connectivity index (χ0n) is 19.2. The third-order valence-corrected chi connectivity index (χ3v) is 9.05. The number of benzene rings is 2. The van der Waals surface area contributed by atoms with Crippen LogP contribution in [-0.2, 0) is 25.8 Å². The van der Waals surface area contributed by atoms with Gasteiger partial charge in [-0.1, -0.05) is 19.1 Å². The third kappa shape index (κ3) is 4.67. The topological polar surface area (TPSA) is 122 Å². The Hall–Kier alpha value is -2.91. The van der Waals surface area contributed by atoms with Crippen LogP contribution in [0, 0.1) is 11.8 Å². The van der Waals surface area contributed by atoms with Crippen molar-refractivity contribution in [3.8, 4) is 5.75 Å². The minimum absolute atomic E-state index is 0.0481. The summed E-state index contributed by atoms with van der Waals surface area (Å²) < 4.78 is 31.4. The molecule has 0 spiro atoms. The van der Waals surface area contributed by atoms with Gasteiger partial charge in [0.1, 0.15) is 5.75 Å². The number of sulfone groups is 1. The second kappa shape index (κ2) is 9.76. The summed E-state index contributed by atoms with van der Waals surface area (Å²) in [6, 6.07) is 12.9. The Morgan fingerprint density at radius 3 is 2.41 bits per heavy atom. The number of hydrogen-bond donors (Lipinski definition) is 3. The van der Waals surface area contributed by atoms with Crippen molar-refractivity contribution in [2.45, 2.75) is 54.9 Å². The maximum Gasteiger partial charge on any atom is 0.241 e. The third-order valence-electron chi connectivity index (χ3n) is 6.96. The maximum absolute atomic E-state index is 13.2. The van der Waals surface area contributed by atoms with E-state index >= 15 is 0 Å². The molecule has 1 saturated heterocycles. The van der Waals surface area contributed by atoms with Crippen LogP contribution < -0.4 is 15.4 Å². The van der Waals surface area contributed by atoms with E-state index in [-0.39, 0.29) is 16.7 Å². The lowest BCUT2D eigenvalue weighted by molar-refractivity contribution is -0.132. The molecular weight excluding hydrogens is 456 g/mol.